The molecule has 2 aliphatic heterocycles. The van der Waals surface area contributed by atoms with Crippen LogP contribution in [0.1, 0.15) is 32.6 Å². The zero-order valence-electron chi connectivity index (χ0n) is 13.4. The number of ether oxygens (including phenoxy) is 1. The molecule has 120 valence electrons. The van der Waals surface area contributed by atoms with Gasteiger partial charge in [0.25, 0.3) is 0 Å². The minimum absolute atomic E-state index is 0.675. The first-order valence-corrected chi connectivity index (χ1v) is 8.71. The van der Waals surface area contributed by atoms with Gasteiger partial charge in [-0.05, 0) is 38.5 Å². The minimum Gasteiger partial charge on any atom is -0.379 e. The number of nitrogens with zero attached hydrogens (tertiary/aromatic N) is 3. The minimum atomic E-state index is 0.675. The normalized spacial score (nSPS) is 28.7. The van der Waals surface area contributed by atoms with Gasteiger partial charge in [-0.15, -0.1) is 0 Å². The molecular weight excluding hydrogens is 264 g/mol. The molecule has 1 unspecified atom stereocenters. The first-order chi connectivity index (χ1) is 10.3. The molecule has 0 aromatic carbocycles. The van der Waals surface area contributed by atoms with E-state index in [1.54, 1.807) is 0 Å². The molecular formula is C16H30N4O. The highest BCUT2D eigenvalue weighted by Gasteiger charge is 2.29. The van der Waals surface area contributed by atoms with E-state index >= 15 is 0 Å². The number of nitrogens with one attached hydrogen (secondary N) is 1. The van der Waals surface area contributed by atoms with E-state index in [1.165, 1.54) is 32.2 Å². The number of likely N-dealkylation sites (tertiary alicyclic amines) is 1. The lowest BCUT2D eigenvalue weighted by molar-refractivity contribution is 0.0315. The van der Waals surface area contributed by atoms with Gasteiger partial charge in [-0.2, -0.15) is 0 Å². The third-order valence-corrected chi connectivity index (χ3v) is 4.95. The molecule has 0 spiro atoms. The molecule has 2 heterocycles. The Morgan fingerprint density at radius 3 is 2.67 bits per heavy atom. The highest BCUT2D eigenvalue weighted by atomic mass is 16.5. The van der Waals surface area contributed by atoms with E-state index in [9.17, 15) is 0 Å². The van der Waals surface area contributed by atoms with Gasteiger partial charge in [0, 0.05) is 45.3 Å². The van der Waals surface area contributed by atoms with E-state index in [0.29, 0.717) is 6.04 Å². The average Bonchev–Trinajstić information content (AvgIpc) is 2.91. The van der Waals surface area contributed by atoms with Crippen molar-refractivity contribution in [2.45, 2.75) is 38.6 Å². The lowest BCUT2D eigenvalue weighted by atomic mass is 9.93. The number of guanidine groups is 1. The standard InChI is InChI=1S/C16H30N4O/c1-2-17-16(18-15-4-3-5-15)20-7-6-14(13-20)12-19-8-10-21-11-9-19/h14-15H,2-13H2,1H3,(H,17,18). The summed E-state index contributed by atoms with van der Waals surface area (Å²) in [7, 11) is 0. The smallest absolute Gasteiger partial charge is 0.194 e. The lowest BCUT2D eigenvalue weighted by Crippen LogP contribution is -2.48. The van der Waals surface area contributed by atoms with Crippen molar-refractivity contribution in [2.75, 3.05) is 52.5 Å². The van der Waals surface area contributed by atoms with Crippen LogP contribution < -0.4 is 5.32 Å². The Morgan fingerprint density at radius 2 is 2.00 bits per heavy atom. The quantitative estimate of drug-likeness (QED) is 0.624. The Balaban J connectivity index is 1.48. The fourth-order valence-electron chi connectivity index (χ4n) is 3.44. The van der Waals surface area contributed by atoms with Crippen molar-refractivity contribution >= 4 is 5.96 Å². The Kier molecular flexibility index (Phi) is 5.36. The zero-order valence-corrected chi connectivity index (χ0v) is 13.4. The van der Waals surface area contributed by atoms with Crippen molar-refractivity contribution in [3.8, 4) is 0 Å². The summed E-state index contributed by atoms with van der Waals surface area (Å²) in [4.78, 5) is 9.75. The van der Waals surface area contributed by atoms with Crippen LogP contribution in [0, 0.1) is 5.92 Å². The van der Waals surface area contributed by atoms with E-state index in [2.05, 4.69) is 22.0 Å². The van der Waals surface area contributed by atoms with Crippen LogP contribution >= 0.6 is 0 Å². The second-order valence-corrected chi connectivity index (χ2v) is 6.58. The monoisotopic (exact) mass is 294 g/mol. The predicted octanol–water partition coefficient (Wildman–Crippen LogP) is 1.16. The summed E-state index contributed by atoms with van der Waals surface area (Å²) in [5.74, 6) is 1.94. The summed E-state index contributed by atoms with van der Waals surface area (Å²) in [6, 6.07) is 0.675. The largest absolute Gasteiger partial charge is 0.379 e. The number of rotatable bonds is 4. The Morgan fingerprint density at radius 1 is 1.19 bits per heavy atom. The molecule has 2 saturated heterocycles. The van der Waals surface area contributed by atoms with E-state index in [1.807, 2.05) is 0 Å². The first kappa shape index (κ1) is 15.1. The molecule has 0 radical (unpaired) electrons. The summed E-state index contributed by atoms with van der Waals surface area (Å²) in [6.45, 7) is 10.6. The van der Waals surface area contributed by atoms with Crippen LogP contribution in [0.5, 0.6) is 0 Å². The molecule has 0 amide bonds. The summed E-state index contributed by atoms with van der Waals surface area (Å²) < 4.78 is 5.44. The van der Waals surface area contributed by atoms with Crippen molar-refractivity contribution in [3.63, 3.8) is 0 Å². The maximum absolute atomic E-state index is 5.44. The molecule has 0 aromatic heterocycles. The average molecular weight is 294 g/mol. The third kappa shape index (κ3) is 4.10. The second kappa shape index (κ2) is 7.45. The van der Waals surface area contributed by atoms with Crippen molar-refractivity contribution in [3.05, 3.63) is 0 Å². The summed E-state index contributed by atoms with van der Waals surface area (Å²) in [5.41, 5.74) is 0. The van der Waals surface area contributed by atoms with Gasteiger partial charge in [0.2, 0.25) is 0 Å². The number of morpholine rings is 1. The van der Waals surface area contributed by atoms with Crippen LogP contribution in [0.3, 0.4) is 0 Å². The van der Waals surface area contributed by atoms with Crippen molar-refractivity contribution in [2.24, 2.45) is 10.9 Å². The number of hydrogen-bond acceptors (Lipinski definition) is 3. The molecule has 1 saturated carbocycles. The molecule has 3 aliphatic rings. The van der Waals surface area contributed by atoms with Crippen molar-refractivity contribution < 1.29 is 4.74 Å². The second-order valence-electron chi connectivity index (χ2n) is 6.58. The predicted molar refractivity (Wildman–Crippen MR) is 85.7 cm³/mol. The fraction of sp³-hybridized carbons (Fsp3) is 0.938. The molecule has 3 rings (SSSR count). The topological polar surface area (TPSA) is 40.1 Å². The molecule has 5 heteroatoms. The van der Waals surface area contributed by atoms with E-state index in [4.69, 9.17) is 9.73 Å². The van der Waals surface area contributed by atoms with Crippen LogP contribution in [-0.4, -0.2) is 74.3 Å². The lowest BCUT2D eigenvalue weighted by Gasteiger charge is -2.32. The maximum Gasteiger partial charge on any atom is 0.194 e. The van der Waals surface area contributed by atoms with Crippen LogP contribution in [-0.2, 0) is 4.74 Å². The first-order valence-electron chi connectivity index (χ1n) is 8.71. The Bertz CT molecular complexity index is 350. The van der Waals surface area contributed by atoms with Gasteiger partial charge < -0.3 is 15.0 Å². The number of hydrogen-bond donors (Lipinski definition) is 1. The highest BCUT2D eigenvalue weighted by Crippen LogP contribution is 2.21. The zero-order chi connectivity index (χ0) is 14.5. The summed E-state index contributed by atoms with van der Waals surface area (Å²) in [6.07, 6.45) is 5.30. The van der Waals surface area contributed by atoms with Gasteiger partial charge in [-0.25, -0.2) is 0 Å². The highest BCUT2D eigenvalue weighted by molar-refractivity contribution is 5.80. The van der Waals surface area contributed by atoms with E-state index < -0.39 is 0 Å². The molecule has 3 fully saturated rings. The summed E-state index contributed by atoms with van der Waals surface area (Å²) >= 11 is 0. The van der Waals surface area contributed by atoms with Crippen LogP contribution in [0.15, 0.2) is 4.99 Å². The van der Waals surface area contributed by atoms with Crippen molar-refractivity contribution in [1.29, 1.82) is 0 Å². The maximum atomic E-state index is 5.44. The van der Waals surface area contributed by atoms with Gasteiger partial charge >= 0.3 is 0 Å². The van der Waals surface area contributed by atoms with Crippen LogP contribution in [0.25, 0.3) is 0 Å². The Labute approximate surface area is 128 Å². The van der Waals surface area contributed by atoms with Crippen LogP contribution in [0.4, 0.5) is 0 Å². The fourth-order valence-corrected chi connectivity index (χ4v) is 3.44. The SMILES string of the molecule is CCN=C(NC1CCC1)N1CCC(CN2CCOCC2)C1. The van der Waals surface area contributed by atoms with E-state index in [-0.39, 0.29) is 0 Å². The van der Waals surface area contributed by atoms with Gasteiger partial charge in [0.05, 0.1) is 13.2 Å². The molecule has 0 bridgehead atoms. The van der Waals surface area contributed by atoms with Crippen molar-refractivity contribution in [1.82, 2.24) is 15.1 Å². The van der Waals surface area contributed by atoms with Gasteiger partial charge in [-0.3, -0.25) is 9.89 Å². The molecule has 1 atom stereocenters. The number of aliphatic imine (C=N–C) groups is 1. The molecule has 1 aliphatic carbocycles. The van der Waals surface area contributed by atoms with Gasteiger partial charge in [0.15, 0.2) is 5.96 Å². The molecule has 1 N–H and O–H groups in total. The third-order valence-electron chi connectivity index (χ3n) is 4.95. The molecule has 5 nitrogen and oxygen atoms in total. The van der Waals surface area contributed by atoms with Gasteiger partial charge in [0.1, 0.15) is 0 Å². The molecule has 0 aromatic rings. The van der Waals surface area contributed by atoms with E-state index in [0.717, 1.165) is 57.8 Å². The van der Waals surface area contributed by atoms with Crippen LogP contribution in [0.2, 0.25) is 0 Å². The van der Waals surface area contributed by atoms with Gasteiger partial charge in [-0.1, -0.05) is 0 Å². The molecule has 21 heavy (non-hydrogen) atoms. The Hall–Kier alpha value is -0.810. The summed E-state index contributed by atoms with van der Waals surface area (Å²) in [5, 5.41) is 3.66.